The molecule has 0 aromatic heterocycles. The Hall–Kier alpha value is -0.610. The summed E-state index contributed by atoms with van der Waals surface area (Å²) < 4.78 is 5.61. The normalized spacial score (nSPS) is 31.6. The van der Waals surface area contributed by atoms with Crippen LogP contribution in [-0.4, -0.2) is 48.7 Å². The number of hydrogen-bond donors (Lipinski definition) is 1. The van der Waals surface area contributed by atoms with Crippen LogP contribution in [0.3, 0.4) is 0 Å². The first-order chi connectivity index (χ1) is 7.10. The minimum Gasteiger partial charge on any atom is -0.377 e. The van der Waals surface area contributed by atoms with Crippen LogP contribution in [0.15, 0.2) is 0 Å². The first-order valence-corrected chi connectivity index (χ1v) is 5.75. The molecule has 2 aliphatic heterocycles. The Balaban J connectivity index is 1.97. The molecule has 0 aliphatic carbocycles. The fourth-order valence-electron chi connectivity index (χ4n) is 2.30. The molecule has 0 saturated carbocycles. The van der Waals surface area contributed by atoms with Gasteiger partial charge in [-0.25, -0.2) is 0 Å². The lowest BCUT2D eigenvalue weighted by atomic mass is 9.98. The molecule has 2 heterocycles. The highest BCUT2D eigenvalue weighted by molar-refractivity contribution is 5.86. The molecule has 0 aromatic rings. The highest BCUT2D eigenvalue weighted by Gasteiger charge is 2.38. The van der Waals surface area contributed by atoms with Crippen molar-refractivity contribution in [2.45, 2.75) is 38.3 Å². The number of rotatable bonds is 2. The second kappa shape index (κ2) is 4.10. The van der Waals surface area contributed by atoms with Crippen LogP contribution in [0, 0.1) is 0 Å². The van der Waals surface area contributed by atoms with Crippen molar-refractivity contribution in [2.24, 2.45) is 0 Å². The second-order valence-electron chi connectivity index (χ2n) is 4.90. The topological polar surface area (TPSA) is 41.6 Å². The Labute approximate surface area is 91.0 Å². The van der Waals surface area contributed by atoms with Crippen LogP contribution in [0.2, 0.25) is 0 Å². The minimum atomic E-state index is -0.385. The number of hydrogen-bond acceptors (Lipinski definition) is 3. The van der Waals surface area contributed by atoms with E-state index in [0.29, 0.717) is 6.10 Å². The number of nitrogens with one attached hydrogen (secondary N) is 1. The summed E-state index contributed by atoms with van der Waals surface area (Å²) >= 11 is 0. The third-order valence-electron chi connectivity index (χ3n) is 3.46. The van der Waals surface area contributed by atoms with Crippen LogP contribution in [-0.2, 0) is 9.53 Å². The number of ether oxygens (including phenoxy) is 1. The van der Waals surface area contributed by atoms with Gasteiger partial charge >= 0.3 is 0 Å². The van der Waals surface area contributed by atoms with Gasteiger partial charge in [0.1, 0.15) is 0 Å². The van der Waals surface area contributed by atoms with Gasteiger partial charge in [0.25, 0.3) is 0 Å². The summed E-state index contributed by atoms with van der Waals surface area (Å²) in [5, 5.41) is 2.91. The van der Waals surface area contributed by atoms with E-state index in [1.54, 1.807) is 0 Å². The van der Waals surface area contributed by atoms with Crippen molar-refractivity contribution in [3.8, 4) is 0 Å². The molecular formula is C11H20N2O2. The standard InChI is InChI=1S/C11H20N2O2/c1-11(2)10(14)12-5-6-13(11)8-9-4-3-7-15-9/h9H,3-8H2,1-2H3,(H,12,14). The van der Waals surface area contributed by atoms with E-state index in [0.717, 1.165) is 39.1 Å². The van der Waals surface area contributed by atoms with Gasteiger partial charge in [0.2, 0.25) is 5.91 Å². The van der Waals surface area contributed by atoms with Crippen molar-refractivity contribution in [1.82, 2.24) is 10.2 Å². The molecule has 1 unspecified atom stereocenters. The Morgan fingerprint density at radius 1 is 1.60 bits per heavy atom. The molecule has 1 atom stereocenters. The van der Waals surface area contributed by atoms with E-state index in [1.165, 1.54) is 0 Å². The summed E-state index contributed by atoms with van der Waals surface area (Å²) in [6.07, 6.45) is 2.62. The number of carbonyl (C=O) groups excluding carboxylic acids is 1. The summed E-state index contributed by atoms with van der Waals surface area (Å²) in [6, 6.07) is 0. The third-order valence-corrected chi connectivity index (χ3v) is 3.46. The predicted molar refractivity (Wildman–Crippen MR) is 57.6 cm³/mol. The number of nitrogens with zero attached hydrogens (tertiary/aromatic N) is 1. The molecule has 2 rings (SSSR count). The van der Waals surface area contributed by atoms with Crippen LogP contribution in [0.1, 0.15) is 26.7 Å². The molecule has 0 aromatic carbocycles. The molecule has 0 bridgehead atoms. The average Bonchev–Trinajstić information content (AvgIpc) is 2.66. The Kier molecular flexibility index (Phi) is 2.98. The molecule has 0 radical (unpaired) electrons. The summed E-state index contributed by atoms with van der Waals surface area (Å²) in [7, 11) is 0. The fraction of sp³-hybridized carbons (Fsp3) is 0.909. The minimum absolute atomic E-state index is 0.131. The number of amides is 1. The van der Waals surface area contributed by atoms with E-state index < -0.39 is 0 Å². The molecule has 0 spiro atoms. The third kappa shape index (κ3) is 2.16. The maximum atomic E-state index is 11.7. The Morgan fingerprint density at radius 3 is 3.07 bits per heavy atom. The lowest BCUT2D eigenvalue weighted by Crippen LogP contribution is -2.62. The van der Waals surface area contributed by atoms with Gasteiger partial charge in [0.05, 0.1) is 11.6 Å². The molecule has 2 fully saturated rings. The van der Waals surface area contributed by atoms with Gasteiger partial charge in [-0.1, -0.05) is 0 Å². The molecule has 15 heavy (non-hydrogen) atoms. The quantitative estimate of drug-likeness (QED) is 0.719. The van der Waals surface area contributed by atoms with E-state index in [-0.39, 0.29) is 11.4 Å². The zero-order chi connectivity index (χ0) is 10.9. The zero-order valence-corrected chi connectivity index (χ0v) is 9.58. The van der Waals surface area contributed by atoms with E-state index in [2.05, 4.69) is 10.2 Å². The average molecular weight is 212 g/mol. The van der Waals surface area contributed by atoms with Gasteiger partial charge in [0, 0.05) is 26.2 Å². The van der Waals surface area contributed by atoms with Crippen LogP contribution in [0.25, 0.3) is 0 Å². The first kappa shape index (κ1) is 10.9. The van der Waals surface area contributed by atoms with Crippen molar-refractivity contribution < 1.29 is 9.53 Å². The van der Waals surface area contributed by atoms with Gasteiger partial charge in [-0.2, -0.15) is 0 Å². The van der Waals surface area contributed by atoms with Crippen LogP contribution < -0.4 is 5.32 Å². The summed E-state index contributed by atoms with van der Waals surface area (Å²) in [6.45, 7) is 7.42. The highest BCUT2D eigenvalue weighted by Crippen LogP contribution is 2.21. The van der Waals surface area contributed by atoms with Crippen molar-refractivity contribution in [2.75, 3.05) is 26.2 Å². The van der Waals surface area contributed by atoms with Gasteiger partial charge < -0.3 is 10.1 Å². The zero-order valence-electron chi connectivity index (χ0n) is 9.58. The molecule has 86 valence electrons. The lowest BCUT2D eigenvalue weighted by Gasteiger charge is -2.42. The van der Waals surface area contributed by atoms with Gasteiger partial charge in [-0.15, -0.1) is 0 Å². The molecule has 4 heteroatoms. The van der Waals surface area contributed by atoms with Crippen LogP contribution in [0.4, 0.5) is 0 Å². The fourth-order valence-corrected chi connectivity index (χ4v) is 2.30. The first-order valence-electron chi connectivity index (χ1n) is 5.75. The monoisotopic (exact) mass is 212 g/mol. The van der Waals surface area contributed by atoms with Gasteiger partial charge in [0.15, 0.2) is 0 Å². The largest absolute Gasteiger partial charge is 0.377 e. The molecule has 1 N–H and O–H groups in total. The molecule has 2 aliphatic rings. The van der Waals surface area contributed by atoms with Gasteiger partial charge in [-0.05, 0) is 26.7 Å². The number of piperazine rings is 1. The SMILES string of the molecule is CC1(C)C(=O)NCCN1CC1CCCO1. The summed E-state index contributed by atoms with van der Waals surface area (Å²) in [5.41, 5.74) is -0.385. The Morgan fingerprint density at radius 2 is 2.40 bits per heavy atom. The van der Waals surface area contributed by atoms with Crippen molar-refractivity contribution in [3.63, 3.8) is 0 Å². The van der Waals surface area contributed by atoms with E-state index >= 15 is 0 Å². The van der Waals surface area contributed by atoms with Crippen LogP contribution >= 0.6 is 0 Å². The highest BCUT2D eigenvalue weighted by atomic mass is 16.5. The van der Waals surface area contributed by atoms with E-state index in [9.17, 15) is 4.79 Å². The van der Waals surface area contributed by atoms with E-state index in [4.69, 9.17) is 4.74 Å². The maximum absolute atomic E-state index is 11.7. The maximum Gasteiger partial charge on any atom is 0.240 e. The molecule has 4 nitrogen and oxygen atoms in total. The van der Waals surface area contributed by atoms with E-state index in [1.807, 2.05) is 13.8 Å². The second-order valence-corrected chi connectivity index (χ2v) is 4.90. The smallest absolute Gasteiger partial charge is 0.240 e. The summed E-state index contributed by atoms with van der Waals surface area (Å²) in [5.74, 6) is 0.131. The van der Waals surface area contributed by atoms with Crippen LogP contribution in [0.5, 0.6) is 0 Å². The predicted octanol–water partition coefficient (Wildman–Crippen LogP) is 0.376. The molecule has 2 saturated heterocycles. The van der Waals surface area contributed by atoms with Crippen molar-refractivity contribution in [3.05, 3.63) is 0 Å². The molecule has 1 amide bonds. The lowest BCUT2D eigenvalue weighted by molar-refractivity contribution is -0.136. The summed E-state index contributed by atoms with van der Waals surface area (Å²) in [4.78, 5) is 13.9. The Bertz CT molecular complexity index is 247. The van der Waals surface area contributed by atoms with Crippen molar-refractivity contribution in [1.29, 1.82) is 0 Å². The van der Waals surface area contributed by atoms with Gasteiger partial charge in [-0.3, -0.25) is 9.69 Å². The molecular weight excluding hydrogens is 192 g/mol. The van der Waals surface area contributed by atoms with Crippen molar-refractivity contribution >= 4 is 5.91 Å². The number of carbonyl (C=O) groups is 1.